The van der Waals surface area contributed by atoms with E-state index in [0.717, 1.165) is 18.2 Å². The molecule has 1 radical (unpaired) electrons. The Morgan fingerprint density at radius 3 is 2.09 bits per heavy atom. The molecule has 0 saturated heterocycles. The van der Waals surface area contributed by atoms with Crippen molar-refractivity contribution in [2.24, 2.45) is 0 Å². The summed E-state index contributed by atoms with van der Waals surface area (Å²) < 4.78 is 0. The predicted molar refractivity (Wildman–Crippen MR) is 36.8 cm³/mol. The predicted octanol–water partition coefficient (Wildman–Crippen LogP) is 1.35. The number of carbonyl (C=O) groups excluding carboxylic acids is 2. The Bertz CT molecular complexity index is 233. The second kappa shape index (κ2) is 4.96. The van der Waals surface area contributed by atoms with Crippen LogP contribution in [0.4, 0.5) is 0 Å². The van der Waals surface area contributed by atoms with Crippen LogP contribution in [0.25, 0.3) is 11.9 Å². The largest absolute Gasteiger partial charge is 0.695 e. The van der Waals surface area contributed by atoms with Gasteiger partial charge in [0.25, 0.3) is 0 Å². The Balaban J connectivity index is 0. The summed E-state index contributed by atoms with van der Waals surface area (Å²) in [7, 11) is 0. The maximum absolute atomic E-state index is 10.4. The normalized spacial score (nSPS) is 14.7. The van der Waals surface area contributed by atoms with Crippen LogP contribution in [0.15, 0.2) is 23.9 Å². The van der Waals surface area contributed by atoms with Gasteiger partial charge in [0.05, 0.1) is 0 Å². The molecular formula is C6H6IrN2O2-2. The van der Waals surface area contributed by atoms with E-state index in [1.807, 2.05) is 0 Å². The summed E-state index contributed by atoms with van der Waals surface area (Å²) in [4.78, 5) is 20.8. The number of hydrogen-bond acceptors (Lipinski definition) is 2. The van der Waals surface area contributed by atoms with E-state index in [2.05, 4.69) is 0 Å². The van der Waals surface area contributed by atoms with Gasteiger partial charge in [-0.3, -0.25) is 9.59 Å². The topological polar surface area (TPSA) is 91.4 Å². The number of nitrogens with two attached hydrogens (primary N) is 1. The van der Waals surface area contributed by atoms with Crippen molar-refractivity contribution >= 4 is 11.6 Å². The van der Waals surface area contributed by atoms with Gasteiger partial charge < -0.3 is 11.9 Å². The zero-order valence-electron chi connectivity index (χ0n) is 5.46. The minimum Gasteiger partial charge on any atom is -0.695 e. The van der Waals surface area contributed by atoms with Gasteiger partial charge in [0.1, 0.15) is 0 Å². The molecule has 0 aromatic rings. The van der Waals surface area contributed by atoms with Gasteiger partial charge in [-0.1, -0.05) is 5.70 Å². The molecule has 0 bridgehead atoms. The zero-order valence-corrected chi connectivity index (χ0v) is 7.85. The van der Waals surface area contributed by atoms with Gasteiger partial charge in [0, 0.05) is 20.1 Å². The maximum atomic E-state index is 10.4. The summed E-state index contributed by atoms with van der Waals surface area (Å²) in [6, 6.07) is 0. The smallest absolute Gasteiger partial charge is 0.177 e. The molecule has 11 heavy (non-hydrogen) atoms. The number of carbonyl (C=O) groups is 2. The molecule has 1 rings (SSSR count). The van der Waals surface area contributed by atoms with Crippen molar-refractivity contribution in [1.29, 1.82) is 0 Å². The summed E-state index contributed by atoms with van der Waals surface area (Å²) in [6.07, 6.45) is 3.26. The summed E-state index contributed by atoms with van der Waals surface area (Å²) in [5.41, 5.74) is 6.61. The molecule has 5 heteroatoms. The Hall–Kier alpha value is -0.771. The molecule has 1 aliphatic carbocycles. The molecule has 0 amide bonds. The first-order valence-corrected chi connectivity index (χ1v) is 2.40. The average Bonchev–Trinajstić information content (AvgIpc) is 1.80. The van der Waals surface area contributed by atoms with E-state index < -0.39 is 5.78 Å². The van der Waals surface area contributed by atoms with Gasteiger partial charge in [-0.25, -0.2) is 0 Å². The van der Waals surface area contributed by atoms with Crippen LogP contribution in [0.1, 0.15) is 0 Å². The molecule has 0 aromatic carbocycles. The minimum atomic E-state index is -0.408. The quantitative estimate of drug-likeness (QED) is 0.627. The Morgan fingerprint density at radius 2 is 1.73 bits per heavy atom. The molecule has 1 aliphatic rings. The van der Waals surface area contributed by atoms with Gasteiger partial charge in [-0.05, 0) is 18.2 Å². The first-order chi connectivity index (χ1) is 4.20. The fourth-order valence-electron chi connectivity index (χ4n) is 0.509. The number of allylic oxidation sites excluding steroid dienone is 3. The van der Waals surface area contributed by atoms with E-state index in [1.54, 1.807) is 0 Å². The van der Waals surface area contributed by atoms with E-state index in [4.69, 9.17) is 5.73 Å². The van der Waals surface area contributed by atoms with E-state index in [0.29, 0.717) is 0 Å². The second-order valence-corrected chi connectivity index (χ2v) is 1.66. The molecule has 0 spiro atoms. The number of ketones is 2. The zero-order chi connectivity index (χ0) is 6.85. The van der Waals surface area contributed by atoms with Crippen molar-refractivity contribution in [3.63, 3.8) is 0 Å². The maximum Gasteiger partial charge on any atom is 0.177 e. The van der Waals surface area contributed by atoms with Crippen LogP contribution in [0.3, 0.4) is 0 Å². The van der Waals surface area contributed by atoms with Gasteiger partial charge in [0.2, 0.25) is 0 Å². The van der Waals surface area contributed by atoms with Gasteiger partial charge in [-0.15, -0.1) is 0 Å². The Morgan fingerprint density at radius 1 is 1.18 bits per heavy atom. The monoisotopic (exact) mass is 331 g/mol. The summed E-state index contributed by atoms with van der Waals surface area (Å²) in [5, 5.41) is 0. The number of hydrogen-bond donors (Lipinski definition) is 0. The molecule has 0 saturated carbocycles. The van der Waals surface area contributed by atoms with Crippen LogP contribution in [0.2, 0.25) is 0 Å². The summed E-state index contributed by atoms with van der Waals surface area (Å²) in [6.45, 7) is 0. The third kappa shape index (κ3) is 3.23. The minimum absolute atomic E-state index is 0. The van der Waals surface area contributed by atoms with Crippen LogP contribution in [0.5, 0.6) is 0 Å². The molecular weight excluding hydrogens is 324 g/mol. The van der Waals surface area contributed by atoms with E-state index in [1.165, 1.54) is 0 Å². The van der Waals surface area contributed by atoms with Crippen molar-refractivity contribution in [2.45, 2.75) is 0 Å². The fraction of sp³-hybridized carbons (Fsp3) is 0. The van der Waals surface area contributed by atoms with Crippen LogP contribution in [-0.4, -0.2) is 11.6 Å². The van der Waals surface area contributed by atoms with E-state index >= 15 is 0 Å². The van der Waals surface area contributed by atoms with Crippen LogP contribution in [-0.2, 0) is 29.7 Å². The first-order valence-electron chi connectivity index (χ1n) is 2.40. The molecule has 0 fully saturated rings. The van der Waals surface area contributed by atoms with Gasteiger partial charge >= 0.3 is 0 Å². The molecule has 0 aliphatic heterocycles. The van der Waals surface area contributed by atoms with Crippen molar-refractivity contribution in [3.05, 3.63) is 35.8 Å². The third-order valence-electron chi connectivity index (χ3n) is 0.951. The summed E-state index contributed by atoms with van der Waals surface area (Å²) in [5.74, 6) is -0.700. The van der Waals surface area contributed by atoms with Gasteiger partial charge in [-0.2, -0.15) is 0 Å². The molecule has 0 aromatic heterocycles. The Labute approximate surface area is 77.5 Å². The fourth-order valence-corrected chi connectivity index (χ4v) is 0.509. The van der Waals surface area contributed by atoms with Crippen molar-refractivity contribution in [1.82, 2.24) is 0 Å². The average molecular weight is 330 g/mol. The number of nitrogens with one attached hydrogen (secondary N) is 1. The standard InChI is InChI=1S/C6H5NO2.Ir.H2N/c7-5-3-4(8)1-2-6(5)9;;/h1-3H,(H2,7,8);;1H2/q;;-1/p-1. The number of rotatable bonds is 0. The molecule has 4 nitrogen and oxygen atoms in total. The van der Waals surface area contributed by atoms with Crippen molar-refractivity contribution < 1.29 is 29.7 Å². The molecule has 0 atom stereocenters. The van der Waals surface area contributed by atoms with Crippen LogP contribution >= 0.6 is 0 Å². The molecule has 3 N–H and O–H groups in total. The summed E-state index contributed by atoms with van der Waals surface area (Å²) >= 11 is 0. The van der Waals surface area contributed by atoms with E-state index in [-0.39, 0.29) is 37.7 Å². The first kappa shape index (κ1) is 12.9. The van der Waals surface area contributed by atoms with E-state index in [9.17, 15) is 9.59 Å². The Kier molecular flexibility index (Phi) is 5.80. The van der Waals surface area contributed by atoms with Crippen molar-refractivity contribution in [3.8, 4) is 0 Å². The second-order valence-electron chi connectivity index (χ2n) is 1.66. The third-order valence-corrected chi connectivity index (χ3v) is 0.951. The van der Waals surface area contributed by atoms with Crippen LogP contribution in [0, 0.1) is 0 Å². The molecule has 63 valence electrons. The van der Waals surface area contributed by atoms with Crippen LogP contribution < -0.4 is 0 Å². The SMILES string of the molecule is [Ir].[NH-]C1=CC(=O)C=CC1=O.[NH2-]. The molecule has 0 unspecified atom stereocenters. The molecule has 0 heterocycles. The van der Waals surface area contributed by atoms with Crippen molar-refractivity contribution in [2.75, 3.05) is 0 Å². The van der Waals surface area contributed by atoms with Gasteiger partial charge in [0.15, 0.2) is 11.6 Å².